The third-order valence-electron chi connectivity index (χ3n) is 3.65. The maximum absolute atomic E-state index is 12.2. The van der Waals surface area contributed by atoms with Crippen molar-refractivity contribution >= 4 is 5.91 Å². The topological polar surface area (TPSA) is 68.3 Å². The summed E-state index contributed by atoms with van der Waals surface area (Å²) in [5.74, 6) is 0.341. The lowest BCUT2D eigenvalue weighted by molar-refractivity contribution is 0.0672. The van der Waals surface area contributed by atoms with Crippen LogP contribution in [0.15, 0.2) is 23.1 Å². The summed E-state index contributed by atoms with van der Waals surface area (Å²) in [6.07, 6.45) is 2.53. The Morgan fingerprint density at radius 3 is 2.83 bits per heavy atom. The van der Waals surface area contributed by atoms with Crippen LogP contribution < -0.4 is 11.3 Å². The molecule has 2 atom stereocenters. The molecular weight excluding hydrogens is 230 g/mol. The van der Waals surface area contributed by atoms with Crippen LogP contribution in [0.2, 0.25) is 0 Å². The molecule has 0 aliphatic carbocycles. The van der Waals surface area contributed by atoms with Crippen LogP contribution in [-0.2, 0) is 7.05 Å². The molecule has 2 N–H and O–H groups in total. The lowest BCUT2D eigenvalue weighted by Gasteiger charge is -2.35. The molecule has 98 valence electrons. The number of pyridine rings is 1. The van der Waals surface area contributed by atoms with Crippen molar-refractivity contribution in [3.63, 3.8) is 0 Å². The molecule has 1 aliphatic rings. The van der Waals surface area contributed by atoms with E-state index < -0.39 is 0 Å². The number of likely N-dealkylation sites (tertiary alicyclic amines) is 1. The molecule has 0 spiro atoms. The molecule has 2 unspecified atom stereocenters. The third kappa shape index (κ3) is 2.46. The number of hydrogen-bond acceptors (Lipinski definition) is 3. The highest BCUT2D eigenvalue weighted by Crippen LogP contribution is 2.17. The molecule has 0 aromatic carbocycles. The van der Waals surface area contributed by atoms with Gasteiger partial charge in [-0.25, -0.2) is 0 Å². The predicted molar refractivity (Wildman–Crippen MR) is 69.3 cm³/mol. The molecule has 1 saturated heterocycles. The fraction of sp³-hybridized carbons (Fsp3) is 0.538. The molecule has 2 rings (SSSR count). The van der Waals surface area contributed by atoms with Crippen LogP contribution >= 0.6 is 0 Å². The Morgan fingerprint density at radius 1 is 1.50 bits per heavy atom. The first-order valence-electron chi connectivity index (χ1n) is 6.20. The molecule has 2 heterocycles. The minimum Gasteiger partial charge on any atom is -0.337 e. The number of nitrogens with zero attached hydrogens (tertiary/aromatic N) is 2. The molecular formula is C13H19N3O2. The van der Waals surface area contributed by atoms with Crippen LogP contribution in [0.1, 0.15) is 23.7 Å². The van der Waals surface area contributed by atoms with Gasteiger partial charge in [-0.05, 0) is 18.4 Å². The number of aromatic nitrogens is 1. The van der Waals surface area contributed by atoms with Crippen molar-refractivity contribution in [1.82, 2.24) is 9.47 Å². The number of nitrogens with two attached hydrogens (primary N) is 1. The molecule has 0 radical (unpaired) electrons. The Bertz CT molecular complexity index is 509. The highest BCUT2D eigenvalue weighted by molar-refractivity contribution is 5.94. The molecule has 1 aliphatic heterocycles. The van der Waals surface area contributed by atoms with Crippen molar-refractivity contribution in [1.29, 1.82) is 0 Å². The van der Waals surface area contributed by atoms with Gasteiger partial charge in [-0.1, -0.05) is 6.92 Å². The van der Waals surface area contributed by atoms with Crippen molar-refractivity contribution in [3.05, 3.63) is 34.2 Å². The van der Waals surface area contributed by atoms with Crippen LogP contribution in [0, 0.1) is 5.92 Å². The zero-order valence-corrected chi connectivity index (χ0v) is 10.8. The fourth-order valence-corrected chi connectivity index (χ4v) is 2.15. The van der Waals surface area contributed by atoms with E-state index in [2.05, 4.69) is 6.92 Å². The van der Waals surface area contributed by atoms with Gasteiger partial charge in [0.2, 0.25) is 0 Å². The van der Waals surface area contributed by atoms with E-state index in [9.17, 15) is 9.59 Å². The summed E-state index contributed by atoms with van der Waals surface area (Å²) in [6.45, 7) is 3.38. The van der Waals surface area contributed by atoms with E-state index in [-0.39, 0.29) is 17.5 Å². The van der Waals surface area contributed by atoms with Gasteiger partial charge in [0.15, 0.2) is 0 Å². The van der Waals surface area contributed by atoms with Crippen LogP contribution in [0.5, 0.6) is 0 Å². The Hall–Kier alpha value is -1.62. The third-order valence-corrected chi connectivity index (χ3v) is 3.65. The van der Waals surface area contributed by atoms with Gasteiger partial charge in [-0.2, -0.15) is 0 Å². The maximum Gasteiger partial charge on any atom is 0.254 e. The summed E-state index contributed by atoms with van der Waals surface area (Å²) in [4.78, 5) is 25.5. The number of hydrogen-bond donors (Lipinski definition) is 1. The molecule has 1 amide bonds. The van der Waals surface area contributed by atoms with Crippen molar-refractivity contribution < 1.29 is 4.79 Å². The first kappa shape index (κ1) is 12.8. The Balaban J connectivity index is 2.16. The Labute approximate surface area is 106 Å². The van der Waals surface area contributed by atoms with E-state index in [0.717, 1.165) is 6.42 Å². The minimum atomic E-state index is -0.171. The number of piperidine rings is 1. The van der Waals surface area contributed by atoms with E-state index in [1.54, 1.807) is 24.2 Å². The lowest BCUT2D eigenvalue weighted by Crippen LogP contribution is -2.49. The zero-order valence-electron chi connectivity index (χ0n) is 10.8. The van der Waals surface area contributed by atoms with Crippen LogP contribution in [-0.4, -0.2) is 34.5 Å². The SMILES string of the molecule is CC1CCN(C(=O)c2ccn(C)c(=O)c2)CC1N. The molecule has 1 aromatic rings. The van der Waals surface area contributed by atoms with Crippen LogP contribution in [0.3, 0.4) is 0 Å². The number of aryl methyl sites for hydroxylation is 1. The second-order valence-corrected chi connectivity index (χ2v) is 5.05. The number of amides is 1. The summed E-state index contributed by atoms with van der Waals surface area (Å²) in [5, 5.41) is 0. The van der Waals surface area contributed by atoms with Crippen molar-refractivity contribution in [2.24, 2.45) is 18.7 Å². The van der Waals surface area contributed by atoms with E-state index >= 15 is 0 Å². The van der Waals surface area contributed by atoms with Crippen molar-refractivity contribution in [2.45, 2.75) is 19.4 Å². The number of rotatable bonds is 1. The second-order valence-electron chi connectivity index (χ2n) is 5.05. The summed E-state index contributed by atoms with van der Waals surface area (Å²) in [5.41, 5.74) is 6.25. The van der Waals surface area contributed by atoms with Crippen molar-refractivity contribution in [3.8, 4) is 0 Å². The smallest absolute Gasteiger partial charge is 0.254 e. The van der Waals surface area contributed by atoms with E-state index in [1.165, 1.54) is 10.6 Å². The molecule has 1 aromatic heterocycles. The van der Waals surface area contributed by atoms with E-state index in [0.29, 0.717) is 24.6 Å². The highest BCUT2D eigenvalue weighted by atomic mass is 16.2. The van der Waals surface area contributed by atoms with Gasteiger partial charge in [-0.15, -0.1) is 0 Å². The largest absolute Gasteiger partial charge is 0.337 e. The van der Waals surface area contributed by atoms with E-state index in [1.807, 2.05) is 0 Å². The van der Waals surface area contributed by atoms with Crippen LogP contribution in [0.4, 0.5) is 0 Å². The summed E-state index contributed by atoms with van der Waals surface area (Å²) in [6, 6.07) is 3.08. The average Bonchev–Trinajstić information content (AvgIpc) is 2.35. The van der Waals surface area contributed by atoms with Gasteiger partial charge in [0, 0.05) is 44.0 Å². The Kier molecular flexibility index (Phi) is 3.52. The van der Waals surface area contributed by atoms with Gasteiger partial charge in [-0.3, -0.25) is 9.59 Å². The highest BCUT2D eigenvalue weighted by Gasteiger charge is 2.26. The quantitative estimate of drug-likeness (QED) is 0.772. The number of carbonyl (C=O) groups excluding carboxylic acids is 1. The summed E-state index contributed by atoms with van der Waals surface area (Å²) >= 11 is 0. The monoisotopic (exact) mass is 249 g/mol. The normalized spacial score (nSPS) is 24.1. The summed E-state index contributed by atoms with van der Waals surface area (Å²) in [7, 11) is 1.66. The second kappa shape index (κ2) is 4.94. The molecule has 0 bridgehead atoms. The molecule has 0 saturated carbocycles. The predicted octanol–water partition coefficient (Wildman–Crippen LogP) is 0.195. The molecule has 1 fully saturated rings. The first-order chi connectivity index (χ1) is 8.49. The van der Waals surface area contributed by atoms with Crippen LogP contribution in [0.25, 0.3) is 0 Å². The fourth-order valence-electron chi connectivity index (χ4n) is 2.15. The van der Waals surface area contributed by atoms with Gasteiger partial charge < -0.3 is 15.2 Å². The summed E-state index contributed by atoms with van der Waals surface area (Å²) < 4.78 is 1.45. The van der Waals surface area contributed by atoms with Gasteiger partial charge >= 0.3 is 0 Å². The van der Waals surface area contributed by atoms with E-state index in [4.69, 9.17) is 5.73 Å². The van der Waals surface area contributed by atoms with Gasteiger partial charge in [0.25, 0.3) is 11.5 Å². The Morgan fingerprint density at radius 2 is 2.22 bits per heavy atom. The first-order valence-corrected chi connectivity index (χ1v) is 6.20. The number of carbonyl (C=O) groups is 1. The lowest BCUT2D eigenvalue weighted by atomic mass is 9.94. The molecule has 5 nitrogen and oxygen atoms in total. The maximum atomic E-state index is 12.2. The molecule has 18 heavy (non-hydrogen) atoms. The van der Waals surface area contributed by atoms with Crippen molar-refractivity contribution in [2.75, 3.05) is 13.1 Å². The molecule has 5 heteroatoms. The minimum absolute atomic E-state index is 0.0224. The van der Waals surface area contributed by atoms with Gasteiger partial charge in [0.1, 0.15) is 0 Å². The van der Waals surface area contributed by atoms with Gasteiger partial charge in [0.05, 0.1) is 0 Å². The zero-order chi connectivity index (χ0) is 13.3. The average molecular weight is 249 g/mol. The standard InChI is InChI=1S/C13H19N3O2/c1-9-3-6-16(8-11(9)14)13(18)10-4-5-15(2)12(17)7-10/h4-5,7,9,11H,3,6,8,14H2,1-2H3.